The van der Waals surface area contributed by atoms with Crippen LogP contribution in [0.2, 0.25) is 0 Å². The van der Waals surface area contributed by atoms with Crippen molar-refractivity contribution in [2.24, 2.45) is 5.92 Å². The molecule has 1 heteroatoms. The number of carbonyl (C=O) groups excluding carboxylic acids is 1. The minimum Gasteiger partial charge on any atom is -0.299 e. The van der Waals surface area contributed by atoms with Crippen LogP contribution in [0.4, 0.5) is 0 Å². The molecule has 1 aliphatic carbocycles. The number of rotatable bonds is 5. The topological polar surface area (TPSA) is 17.1 Å². The largest absolute Gasteiger partial charge is 0.299 e. The van der Waals surface area contributed by atoms with Gasteiger partial charge in [-0.25, -0.2) is 0 Å². The molecule has 0 unspecified atom stereocenters. The molecule has 0 spiro atoms. The highest BCUT2D eigenvalue weighted by Gasteiger charge is 2.28. The SMILES string of the molecule is CCCc1ccc([C@@H]2CC[C@@H](CCC)CC2=O)cc1. The van der Waals surface area contributed by atoms with Crippen molar-refractivity contribution in [3.8, 4) is 0 Å². The summed E-state index contributed by atoms with van der Waals surface area (Å²) in [6.07, 6.45) is 7.81. The number of benzene rings is 1. The Kier molecular flexibility index (Phi) is 5.18. The minimum absolute atomic E-state index is 0.170. The molecular formula is C18H26O. The van der Waals surface area contributed by atoms with Crippen molar-refractivity contribution in [2.75, 3.05) is 0 Å². The summed E-state index contributed by atoms with van der Waals surface area (Å²) in [7, 11) is 0. The van der Waals surface area contributed by atoms with Crippen molar-refractivity contribution in [1.82, 2.24) is 0 Å². The Morgan fingerprint density at radius 1 is 1.05 bits per heavy atom. The predicted molar refractivity (Wildman–Crippen MR) is 80.4 cm³/mol. The number of carbonyl (C=O) groups is 1. The molecule has 0 bridgehead atoms. The first kappa shape index (κ1) is 14.3. The molecule has 0 N–H and O–H groups in total. The summed E-state index contributed by atoms with van der Waals surface area (Å²) in [6, 6.07) is 8.75. The fraction of sp³-hybridized carbons (Fsp3) is 0.611. The Morgan fingerprint density at radius 3 is 2.37 bits per heavy atom. The summed E-state index contributed by atoms with van der Waals surface area (Å²) in [4.78, 5) is 12.3. The molecule has 0 aromatic heterocycles. The first-order valence-corrected chi connectivity index (χ1v) is 7.86. The summed E-state index contributed by atoms with van der Waals surface area (Å²) in [5.41, 5.74) is 2.62. The van der Waals surface area contributed by atoms with Crippen molar-refractivity contribution < 1.29 is 4.79 Å². The van der Waals surface area contributed by atoms with Crippen LogP contribution in [0, 0.1) is 5.92 Å². The highest BCUT2D eigenvalue weighted by atomic mass is 16.1. The highest BCUT2D eigenvalue weighted by Crippen LogP contribution is 2.35. The van der Waals surface area contributed by atoms with Crippen LogP contribution in [0.15, 0.2) is 24.3 Å². The van der Waals surface area contributed by atoms with Gasteiger partial charge in [0.2, 0.25) is 0 Å². The van der Waals surface area contributed by atoms with Gasteiger partial charge in [-0.15, -0.1) is 0 Å². The van der Waals surface area contributed by atoms with Gasteiger partial charge < -0.3 is 0 Å². The summed E-state index contributed by atoms with van der Waals surface area (Å²) < 4.78 is 0. The van der Waals surface area contributed by atoms with E-state index >= 15 is 0 Å². The third-order valence-electron chi connectivity index (χ3n) is 4.36. The Labute approximate surface area is 117 Å². The third-order valence-corrected chi connectivity index (χ3v) is 4.36. The van der Waals surface area contributed by atoms with E-state index in [0.717, 1.165) is 19.3 Å². The van der Waals surface area contributed by atoms with Crippen LogP contribution in [-0.4, -0.2) is 5.78 Å². The second-order valence-corrected chi connectivity index (χ2v) is 5.95. The van der Waals surface area contributed by atoms with Crippen molar-refractivity contribution >= 4 is 5.78 Å². The minimum atomic E-state index is 0.170. The molecule has 0 saturated heterocycles. The molecule has 1 fully saturated rings. The van der Waals surface area contributed by atoms with E-state index in [1.54, 1.807) is 0 Å². The number of aryl methyl sites for hydroxylation is 1. The average molecular weight is 258 g/mol. The van der Waals surface area contributed by atoms with E-state index in [9.17, 15) is 4.79 Å². The molecule has 104 valence electrons. The molecule has 1 aromatic carbocycles. The second kappa shape index (κ2) is 6.88. The van der Waals surface area contributed by atoms with Gasteiger partial charge in [-0.1, -0.05) is 57.4 Å². The number of Topliss-reactive ketones (excluding diaryl/α,β-unsaturated/α-hetero) is 1. The molecule has 0 amide bonds. The van der Waals surface area contributed by atoms with Gasteiger partial charge in [0, 0.05) is 12.3 Å². The standard InChI is InChI=1S/C18H26O/c1-3-5-14-7-10-16(11-8-14)17-12-9-15(6-4-2)13-18(17)19/h7-8,10-11,15,17H,3-6,9,12-13H2,1-2H3/t15-,17+/m1/s1. The highest BCUT2D eigenvalue weighted by molar-refractivity contribution is 5.86. The number of ketones is 1. The quantitative estimate of drug-likeness (QED) is 0.734. The van der Waals surface area contributed by atoms with Crippen LogP contribution in [0.3, 0.4) is 0 Å². The zero-order valence-corrected chi connectivity index (χ0v) is 12.3. The lowest BCUT2D eigenvalue weighted by Gasteiger charge is -2.27. The summed E-state index contributed by atoms with van der Waals surface area (Å²) in [5, 5.41) is 0. The fourth-order valence-corrected chi connectivity index (χ4v) is 3.30. The van der Waals surface area contributed by atoms with Crippen LogP contribution < -0.4 is 0 Å². The lowest BCUT2D eigenvalue weighted by molar-refractivity contribution is -0.123. The van der Waals surface area contributed by atoms with Crippen LogP contribution in [0.1, 0.15) is 69.4 Å². The van der Waals surface area contributed by atoms with Gasteiger partial charge in [-0.3, -0.25) is 4.79 Å². The average Bonchev–Trinajstić information content (AvgIpc) is 2.41. The third kappa shape index (κ3) is 3.68. The lowest BCUT2D eigenvalue weighted by atomic mass is 9.76. The molecule has 0 heterocycles. The van der Waals surface area contributed by atoms with Crippen molar-refractivity contribution in [3.63, 3.8) is 0 Å². The van der Waals surface area contributed by atoms with Crippen LogP contribution in [0.25, 0.3) is 0 Å². The number of hydrogen-bond acceptors (Lipinski definition) is 1. The van der Waals surface area contributed by atoms with Gasteiger partial charge in [0.1, 0.15) is 5.78 Å². The molecule has 1 nitrogen and oxygen atoms in total. The maximum atomic E-state index is 12.3. The monoisotopic (exact) mass is 258 g/mol. The van der Waals surface area contributed by atoms with Gasteiger partial charge >= 0.3 is 0 Å². The molecule has 0 aliphatic heterocycles. The first-order chi connectivity index (χ1) is 9.24. The zero-order valence-electron chi connectivity index (χ0n) is 12.3. The molecule has 1 aromatic rings. The van der Waals surface area contributed by atoms with Crippen molar-refractivity contribution in [3.05, 3.63) is 35.4 Å². The molecule has 0 radical (unpaired) electrons. The molecule has 2 rings (SSSR count). The second-order valence-electron chi connectivity index (χ2n) is 5.95. The maximum Gasteiger partial charge on any atom is 0.140 e. The van der Waals surface area contributed by atoms with E-state index in [4.69, 9.17) is 0 Å². The molecule has 1 saturated carbocycles. The van der Waals surface area contributed by atoms with Gasteiger partial charge in [0.05, 0.1) is 0 Å². The molecular weight excluding hydrogens is 232 g/mol. The molecule has 1 aliphatic rings. The normalized spacial score (nSPS) is 23.6. The van der Waals surface area contributed by atoms with E-state index < -0.39 is 0 Å². The summed E-state index contributed by atoms with van der Waals surface area (Å²) >= 11 is 0. The lowest BCUT2D eigenvalue weighted by Crippen LogP contribution is -2.23. The fourth-order valence-electron chi connectivity index (χ4n) is 3.30. The van der Waals surface area contributed by atoms with Gasteiger partial charge in [0.25, 0.3) is 0 Å². The van der Waals surface area contributed by atoms with E-state index in [2.05, 4.69) is 38.1 Å². The van der Waals surface area contributed by atoms with Crippen molar-refractivity contribution in [2.45, 2.75) is 64.7 Å². The van der Waals surface area contributed by atoms with E-state index in [0.29, 0.717) is 11.7 Å². The smallest absolute Gasteiger partial charge is 0.140 e. The van der Waals surface area contributed by atoms with E-state index in [1.807, 2.05) is 0 Å². The van der Waals surface area contributed by atoms with Crippen LogP contribution in [0.5, 0.6) is 0 Å². The summed E-state index contributed by atoms with van der Waals surface area (Å²) in [5.74, 6) is 1.28. The van der Waals surface area contributed by atoms with Gasteiger partial charge in [0.15, 0.2) is 0 Å². The first-order valence-electron chi connectivity index (χ1n) is 7.86. The molecule has 19 heavy (non-hydrogen) atoms. The van der Waals surface area contributed by atoms with Gasteiger partial charge in [-0.05, 0) is 36.3 Å². The van der Waals surface area contributed by atoms with E-state index in [1.165, 1.54) is 36.8 Å². The maximum absolute atomic E-state index is 12.3. The molecule has 2 atom stereocenters. The van der Waals surface area contributed by atoms with Crippen LogP contribution in [-0.2, 0) is 11.2 Å². The van der Waals surface area contributed by atoms with Crippen LogP contribution >= 0.6 is 0 Å². The van der Waals surface area contributed by atoms with Gasteiger partial charge in [-0.2, -0.15) is 0 Å². The number of hydrogen-bond donors (Lipinski definition) is 0. The summed E-state index contributed by atoms with van der Waals surface area (Å²) in [6.45, 7) is 4.41. The zero-order chi connectivity index (χ0) is 13.7. The van der Waals surface area contributed by atoms with E-state index in [-0.39, 0.29) is 5.92 Å². The van der Waals surface area contributed by atoms with Crippen molar-refractivity contribution in [1.29, 1.82) is 0 Å². The Bertz CT molecular complexity index is 404. The Hall–Kier alpha value is -1.11. The Balaban J connectivity index is 2.00. The Morgan fingerprint density at radius 2 is 1.79 bits per heavy atom. The predicted octanol–water partition coefficient (Wildman–Crippen LogP) is 4.89.